The van der Waals surface area contributed by atoms with Crippen LogP contribution < -0.4 is 10.2 Å². The van der Waals surface area contributed by atoms with Gasteiger partial charge in [0.15, 0.2) is 0 Å². The van der Waals surface area contributed by atoms with Gasteiger partial charge in [0.2, 0.25) is 17.7 Å². The number of hydrogen-bond acceptors (Lipinski definition) is 5. The fraction of sp³-hybridized carbons (Fsp3) is 0.571. The van der Waals surface area contributed by atoms with Crippen molar-refractivity contribution in [3.63, 3.8) is 0 Å². The molecule has 1 aromatic carbocycles. The monoisotopic (exact) mass is 418 g/mol. The fourth-order valence-electron chi connectivity index (χ4n) is 3.79. The fourth-order valence-corrected chi connectivity index (χ4v) is 4.20. The van der Waals surface area contributed by atoms with Crippen molar-refractivity contribution in [2.75, 3.05) is 57.0 Å². The number of nitrogens with one attached hydrogen (secondary N) is 1. The van der Waals surface area contributed by atoms with Gasteiger partial charge in [-0.3, -0.25) is 19.3 Å². The summed E-state index contributed by atoms with van der Waals surface area (Å²) in [6, 6.07) is 7.88. The van der Waals surface area contributed by atoms with E-state index in [9.17, 15) is 14.4 Å². The first-order chi connectivity index (χ1) is 14.0. The minimum absolute atomic E-state index is 0.00600. The molecule has 2 aliphatic rings. The van der Waals surface area contributed by atoms with Crippen LogP contribution >= 0.6 is 11.8 Å². The van der Waals surface area contributed by atoms with Gasteiger partial charge in [0.25, 0.3) is 0 Å². The van der Waals surface area contributed by atoms with Crippen LogP contribution in [0.1, 0.15) is 19.8 Å². The molecule has 0 aromatic heterocycles. The van der Waals surface area contributed by atoms with Crippen LogP contribution in [0.25, 0.3) is 0 Å². The van der Waals surface area contributed by atoms with E-state index in [4.69, 9.17) is 0 Å². The first-order valence-corrected chi connectivity index (χ1v) is 11.5. The average molecular weight is 419 g/mol. The summed E-state index contributed by atoms with van der Waals surface area (Å²) >= 11 is 1.66. The van der Waals surface area contributed by atoms with Gasteiger partial charge in [-0.05, 0) is 36.9 Å². The molecule has 2 heterocycles. The molecule has 2 aliphatic heterocycles. The maximum Gasteiger partial charge on any atom is 0.234 e. The molecule has 2 saturated heterocycles. The minimum Gasteiger partial charge on any atom is -0.355 e. The van der Waals surface area contributed by atoms with Crippen molar-refractivity contribution in [1.29, 1.82) is 0 Å². The molecule has 158 valence electrons. The molecule has 1 atom stereocenters. The van der Waals surface area contributed by atoms with Gasteiger partial charge in [-0.15, -0.1) is 11.8 Å². The molecule has 1 unspecified atom stereocenters. The van der Waals surface area contributed by atoms with Crippen LogP contribution in [0.3, 0.4) is 0 Å². The maximum atomic E-state index is 12.9. The highest BCUT2D eigenvalue weighted by atomic mass is 32.2. The lowest BCUT2D eigenvalue weighted by Crippen LogP contribution is -2.52. The van der Waals surface area contributed by atoms with Crippen molar-refractivity contribution >= 4 is 35.2 Å². The zero-order valence-electron chi connectivity index (χ0n) is 17.2. The van der Waals surface area contributed by atoms with Crippen molar-refractivity contribution in [2.24, 2.45) is 5.92 Å². The van der Waals surface area contributed by atoms with E-state index in [1.54, 1.807) is 16.7 Å². The van der Waals surface area contributed by atoms with Crippen LogP contribution in [0.15, 0.2) is 29.2 Å². The Morgan fingerprint density at radius 1 is 1.14 bits per heavy atom. The van der Waals surface area contributed by atoms with Crippen LogP contribution in [0.4, 0.5) is 5.69 Å². The Kier molecular flexibility index (Phi) is 7.55. The Hall–Kier alpha value is -2.06. The van der Waals surface area contributed by atoms with E-state index in [2.05, 4.69) is 10.2 Å². The SMILES string of the molecule is CCCNC(=O)CN1CCN(C(=O)C2CC(=O)N(c3ccc(SC)cc3)C2)CC1. The van der Waals surface area contributed by atoms with Crippen molar-refractivity contribution in [3.8, 4) is 0 Å². The van der Waals surface area contributed by atoms with Crippen LogP contribution in [0.2, 0.25) is 0 Å². The summed E-state index contributed by atoms with van der Waals surface area (Å²) in [6.07, 6.45) is 3.21. The van der Waals surface area contributed by atoms with Crippen LogP contribution in [0.5, 0.6) is 0 Å². The largest absolute Gasteiger partial charge is 0.355 e. The van der Waals surface area contributed by atoms with E-state index < -0.39 is 0 Å². The van der Waals surface area contributed by atoms with Gasteiger partial charge in [-0.2, -0.15) is 0 Å². The number of thioether (sulfide) groups is 1. The molecule has 0 radical (unpaired) electrons. The Morgan fingerprint density at radius 2 is 1.83 bits per heavy atom. The zero-order chi connectivity index (χ0) is 20.8. The summed E-state index contributed by atoms with van der Waals surface area (Å²) in [5.74, 6) is -0.193. The number of nitrogens with zero attached hydrogens (tertiary/aromatic N) is 3. The van der Waals surface area contributed by atoms with Gasteiger partial charge in [0, 0.05) is 56.3 Å². The molecule has 29 heavy (non-hydrogen) atoms. The minimum atomic E-state index is -0.290. The normalized spacial score (nSPS) is 20.2. The number of rotatable bonds is 7. The number of amides is 3. The van der Waals surface area contributed by atoms with E-state index in [0.717, 1.165) is 17.0 Å². The molecule has 0 saturated carbocycles. The van der Waals surface area contributed by atoms with Crippen molar-refractivity contribution in [1.82, 2.24) is 15.1 Å². The summed E-state index contributed by atoms with van der Waals surface area (Å²) in [5, 5.41) is 2.89. The predicted octanol–water partition coefficient (Wildman–Crippen LogP) is 1.43. The number of hydrogen-bond donors (Lipinski definition) is 1. The molecular formula is C21H30N4O3S. The van der Waals surface area contributed by atoms with Crippen molar-refractivity contribution in [2.45, 2.75) is 24.7 Å². The number of piperazine rings is 1. The highest BCUT2D eigenvalue weighted by Crippen LogP contribution is 2.28. The second-order valence-corrected chi connectivity index (χ2v) is 8.43. The molecule has 0 bridgehead atoms. The first kappa shape index (κ1) is 21.6. The lowest BCUT2D eigenvalue weighted by atomic mass is 10.1. The Morgan fingerprint density at radius 3 is 2.45 bits per heavy atom. The summed E-state index contributed by atoms with van der Waals surface area (Å²) in [4.78, 5) is 44.1. The Labute approximate surface area is 176 Å². The van der Waals surface area contributed by atoms with E-state index >= 15 is 0 Å². The molecule has 8 heteroatoms. The summed E-state index contributed by atoms with van der Waals surface area (Å²) in [6.45, 7) is 6.12. The predicted molar refractivity (Wildman–Crippen MR) is 115 cm³/mol. The molecule has 0 spiro atoms. The van der Waals surface area contributed by atoms with E-state index in [1.807, 2.05) is 42.3 Å². The molecule has 1 N–H and O–H groups in total. The smallest absolute Gasteiger partial charge is 0.234 e. The highest BCUT2D eigenvalue weighted by Gasteiger charge is 2.38. The lowest BCUT2D eigenvalue weighted by molar-refractivity contribution is -0.137. The maximum absolute atomic E-state index is 12.9. The number of carbonyl (C=O) groups is 3. The molecule has 3 amide bonds. The number of anilines is 1. The third-order valence-electron chi connectivity index (χ3n) is 5.48. The average Bonchev–Trinajstić information content (AvgIpc) is 3.14. The van der Waals surface area contributed by atoms with E-state index in [1.165, 1.54) is 0 Å². The molecule has 1 aromatic rings. The second-order valence-electron chi connectivity index (χ2n) is 7.55. The lowest BCUT2D eigenvalue weighted by Gasteiger charge is -2.35. The number of carbonyl (C=O) groups excluding carboxylic acids is 3. The summed E-state index contributed by atoms with van der Waals surface area (Å²) < 4.78 is 0. The topological polar surface area (TPSA) is 73.0 Å². The molecule has 7 nitrogen and oxygen atoms in total. The standard InChI is InChI=1S/C21H30N4O3S/c1-3-8-22-19(26)15-23-9-11-24(12-10-23)21(28)16-13-20(27)25(14-16)17-4-6-18(29-2)7-5-17/h4-7,16H,3,8-15H2,1-2H3,(H,22,26). The van der Waals surface area contributed by atoms with Crippen LogP contribution in [0, 0.1) is 5.92 Å². The van der Waals surface area contributed by atoms with Gasteiger partial charge < -0.3 is 15.1 Å². The van der Waals surface area contributed by atoms with Gasteiger partial charge in [-0.1, -0.05) is 6.92 Å². The van der Waals surface area contributed by atoms with E-state index in [-0.39, 0.29) is 30.1 Å². The van der Waals surface area contributed by atoms with E-state index in [0.29, 0.717) is 45.8 Å². The third-order valence-corrected chi connectivity index (χ3v) is 6.23. The van der Waals surface area contributed by atoms with Gasteiger partial charge in [-0.25, -0.2) is 0 Å². The van der Waals surface area contributed by atoms with Crippen molar-refractivity contribution in [3.05, 3.63) is 24.3 Å². The van der Waals surface area contributed by atoms with Crippen LogP contribution in [-0.4, -0.2) is 79.6 Å². The number of benzene rings is 1. The van der Waals surface area contributed by atoms with Gasteiger partial charge in [0.05, 0.1) is 12.5 Å². The molecule has 0 aliphatic carbocycles. The zero-order valence-corrected chi connectivity index (χ0v) is 18.0. The highest BCUT2D eigenvalue weighted by molar-refractivity contribution is 7.98. The second kappa shape index (κ2) is 10.1. The van der Waals surface area contributed by atoms with Crippen molar-refractivity contribution < 1.29 is 14.4 Å². The summed E-state index contributed by atoms with van der Waals surface area (Å²) in [5.41, 5.74) is 0.853. The Bertz CT molecular complexity index is 732. The molecule has 3 rings (SSSR count). The first-order valence-electron chi connectivity index (χ1n) is 10.2. The van der Waals surface area contributed by atoms with Crippen LogP contribution in [-0.2, 0) is 14.4 Å². The third kappa shape index (κ3) is 5.51. The quantitative estimate of drug-likeness (QED) is 0.679. The van der Waals surface area contributed by atoms with Gasteiger partial charge in [0.1, 0.15) is 0 Å². The molecule has 2 fully saturated rings. The summed E-state index contributed by atoms with van der Waals surface area (Å²) in [7, 11) is 0. The molecular weight excluding hydrogens is 388 g/mol. The Balaban J connectivity index is 1.50. The van der Waals surface area contributed by atoms with Gasteiger partial charge >= 0.3 is 0 Å².